The summed E-state index contributed by atoms with van der Waals surface area (Å²) in [5.74, 6) is 11.0. The van der Waals surface area contributed by atoms with Crippen LogP contribution in [-0.4, -0.2) is 39.0 Å². The first-order valence-electron chi connectivity index (χ1n) is 16.4. The highest BCUT2D eigenvalue weighted by molar-refractivity contribution is 6.91. The van der Waals surface area contributed by atoms with Crippen molar-refractivity contribution in [1.82, 2.24) is 0 Å². The fourth-order valence-corrected chi connectivity index (χ4v) is 17.8. The van der Waals surface area contributed by atoms with E-state index in [1.54, 1.807) is 0 Å². The van der Waals surface area contributed by atoms with Crippen LogP contribution in [0, 0.1) is 69.3 Å². The molecule has 0 heterocycles. The molecule has 10 heteroatoms. The minimum Gasteiger partial charge on any atom is -0.396 e. The Morgan fingerprint density at radius 3 is 0.792 bits per heavy atom. The molecule has 0 radical (unpaired) electrons. The normalized spacial score (nSPS) is 16.0. The molecule has 0 fully saturated rings. The topological polar surface area (TPSA) is 199 Å². The lowest BCUT2D eigenvalue weighted by Gasteiger charge is -2.38. The van der Waals surface area contributed by atoms with Crippen LogP contribution < -0.4 is 22.9 Å². The third-order valence-corrected chi connectivity index (χ3v) is 22.6. The largest absolute Gasteiger partial charge is 0.396 e. The Balaban J connectivity index is 0.000000480. The minimum atomic E-state index is -1.96. The van der Waals surface area contributed by atoms with Gasteiger partial charge in [-0.05, 0) is 33.2 Å². The van der Waals surface area contributed by atoms with Crippen molar-refractivity contribution in [3.05, 3.63) is 45.1 Å². The first kappa shape index (κ1) is 41.5. The van der Waals surface area contributed by atoms with E-state index in [1.165, 1.54) is 0 Å². The molecule has 8 nitrogen and oxygen atoms in total. The van der Waals surface area contributed by atoms with Crippen LogP contribution >= 0.6 is 0 Å². The first-order chi connectivity index (χ1) is 22.0. The van der Waals surface area contributed by atoms with Crippen LogP contribution in [0.4, 0.5) is 0 Å². The molecule has 0 saturated heterocycles. The molecule has 48 heavy (non-hydrogen) atoms. The van der Waals surface area contributed by atoms with Crippen molar-refractivity contribution in [3.63, 3.8) is 0 Å². The number of rotatable bonds is 6. The standard InChI is InChI=1S/2C19H28N4Si/c2*1-8-14-16(20)18(22)15(19(23)17(14)21)9-10-24(11(2)3,12(4)5)13(6)7/h2*1,11-13,20,23H,21-22H2,2-7H3. The van der Waals surface area contributed by atoms with Crippen molar-refractivity contribution in [1.29, 1.82) is 21.6 Å². The van der Waals surface area contributed by atoms with Crippen LogP contribution in [0.15, 0.2) is 45.1 Å². The van der Waals surface area contributed by atoms with Crippen LogP contribution in [0.3, 0.4) is 0 Å². The van der Waals surface area contributed by atoms with Crippen molar-refractivity contribution >= 4 is 39.0 Å². The van der Waals surface area contributed by atoms with Gasteiger partial charge in [0, 0.05) is 0 Å². The fraction of sp³-hybridized carbons (Fsp3) is 0.474. The van der Waals surface area contributed by atoms with E-state index in [0.29, 0.717) is 44.4 Å². The first-order valence-corrected chi connectivity index (χ1v) is 20.9. The van der Waals surface area contributed by atoms with E-state index in [9.17, 15) is 0 Å². The Kier molecular flexibility index (Phi) is 13.9. The van der Waals surface area contributed by atoms with E-state index in [4.69, 9.17) is 57.4 Å². The molecule has 0 aromatic carbocycles. The van der Waals surface area contributed by atoms with Gasteiger partial charge in [-0.25, -0.2) is 0 Å². The Morgan fingerprint density at radius 1 is 0.417 bits per heavy atom. The molecule has 0 amide bonds. The maximum absolute atomic E-state index is 8.24. The molecule has 2 aliphatic rings. The van der Waals surface area contributed by atoms with Gasteiger partial charge in [0.15, 0.2) is 0 Å². The van der Waals surface area contributed by atoms with Gasteiger partial charge in [-0.15, -0.1) is 23.9 Å². The zero-order valence-electron chi connectivity index (χ0n) is 30.9. The van der Waals surface area contributed by atoms with Gasteiger partial charge in [-0.3, -0.25) is 21.6 Å². The molecule has 0 aliphatic heterocycles. The summed E-state index contributed by atoms with van der Waals surface area (Å²) in [6.07, 6.45) is 10.8. The molecule has 2 rings (SSSR count). The van der Waals surface area contributed by atoms with Crippen LogP contribution in [0.5, 0.6) is 0 Å². The van der Waals surface area contributed by atoms with Gasteiger partial charge in [-0.1, -0.05) is 107 Å². The predicted octanol–water partition coefficient (Wildman–Crippen LogP) is 6.64. The van der Waals surface area contributed by atoms with Crippen molar-refractivity contribution < 1.29 is 0 Å². The Bertz CT molecular complexity index is 1550. The van der Waals surface area contributed by atoms with Gasteiger partial charge in [0.2, 0.25) is 0 Å². The van der Waals surface area contributed by atoms with E-state index in [1.807, 2.05) is 0 Å². The molecule has 0 aromatic heterocycles. The van der Waals surface area contributed by atoms with Gasteiger partial charge in [0.1, 0.15) is 16.1 Å². The predicted molar refractivity (Wildman–Crippen MR) is 211 cm³/mol. The summed E-state index contributed by atoms with van der Waals surface area (Å²) in [6.45, 7) is 26.6. The lowest BCUT2D eigenvalue weighted by Crippen LogP contribution is -2.43. The number of nitrogens with one attached hydrogen (secondary N) is 4. The van der Waals surface area contributed by atoms with E-state index in [0.717, 1.165) is 0 Å². The Hall–Kier alpha value is -4.49. The monoisotopic (exact) mass is 680 g/mol. The molecule has 0 atom stereocenters. The lowest BCUT2D eigenvalue weighted by atomic mass is 9.91. The number of nitrogens with two attached hydrogens (primary N) is 4. The molecule has 0 bridgehead atoms. The van der Waals surface area contributed by atoms with Crippen molar-refractivity contribution in [3.8, 4) is 47.6 Å². The van der Waals surface area contributed by atoms with Crippen LogP contribution in [0.25, 0.3) is 0 Å². The average Bonchev–Trinajstić information content (AvgIpc) is 2.98. The number of hydrogen-bond donors (Lipinski definition) is 8. The van der Waals surface area contributed by atoms with E-state index >= 15 is 0 Å². The molecule has 0 unspecified atom stereocenters. The summed E-state index contributed by atoms with van der Waals surface area (Å²) in [4.78, 5) is 0. The van der Waals surface area contributed by atoms with Crippen LogP contribution in [0.2, 0.25) is 33.2 Å². The highest BCUT2D eigenvalue weighted by Gasteiger charge is 2.43. The third-order valence-electron chi connectivity index (χ3n) is 9.98. The molecular weight excluding hydrogens is 625 g/mol. The number of allylic oxidation sites excluding steroid dienone is 4. The molecule has 2 aliphatic carbocycles. The quantitative estimate of drug-likeness (QED) is 0.0884. The van der Waals surface area contributed by atoms with Gasteiger partial charge < -0.3 is 22.9 Å². The van der Waals surface area contributed by atoms with Gasteiger partial charge in [-0.2, -0.15) is 0 Å². The van der Waals surface area contributed by atoms with E-state index < -0.39 is 16.1 Å². The zero-order valence-corrected chi connectivity index (χ0v) is 32.9. The SMILES string of the molecule is C#CC1=C(N)C(=N)C(C#C[Si](C(C)C)(C(C)C)C(C)C)=C(N)C1=N.C#CC1=C(N)C(=N)C(C#C[Si](C(C)C)(C(C)C)C(C)C)=C(N)C1=N. The molecule has 0 saturated carbocycles. The summed E-state index contributed by atoms with van der Waals surface area (Å²) < 4.78 is 0. The van der Waals surface area contributed by atoms with Gasteiger partial charge in [0.25, 0.3) is 0 Å². The summed E-state index contributed by atoms with van der Waals surface area (Å²) in [7, 11) is -3.91. The second kappa shape index (κ2) is 16.1. The molecule has 0 aromatic rings. The molecule has 0 spiro atoms. The van der Waals surface area contributed by atoms with E-state index in [2.05, 4.69) is 118 Å². The van der Waals surface area contributed by atoms with Crippen molar-refractivity contribution in [2.24, 2.45) is 22.9 Å². The molecular formula is C38H56N8Si2. The number of terminal acetylenes is 2. The van der Waals surface area contributed by atoms with Gasteiger partial charge in [0.05, 0.1) is 67.9 Å². The van der Waals surface area contributed by atoms with Crippen LogP contribution in [-0.2, 0) is 0 Å². The highest BCUT2D eigenvalue weighted by Crippen LogP contribution is 2.42. The third kappa shape index (κ3) is 7.47. The average molecular weight is 681 g/mol. The fourth-order valence-electron chi connectivity index (χ4n) is 7.34. The lowest BCUT2D eigenvalue weighted by molar-refractivity contribution is 0.838. The summed E-state index contributed by atoms with van der Waals surface area (Å²) in [6, 6.07) is 0. The molecule has 256 valence electrons. The van der Waals surface area contributed by atoms with Gasteiger partial charge >= 0.3 is 0 Å². The summed E-state index contributed by atoms with van der Waals surface area (Å²) >= 11 is 0. The summed E-state index contributed by atoms with van der Waals surface area (Å²) in [5.41, 5.74) is 35.3. The van der Waals surface area contributed by atoms with Crippen molar-refractivity contribution in [2.45, 2.75) is 116 Å². The van der Waals surface area contributed by atoms with Crippen LogP contribution in [0.1, 0.15) is 83.1 Å². The van der Waals surface area contributed by atoms with E-state index in [-0.39, 0.29) is 56.8 Å². The summed E-state index contributed by atoms with van der Waals surface area (Å²) in [5, 5.41) is 32.6. The smallest absolute Gasteiger partial charge is 0.146 e. The minimum absolute atomic E-state index is 0.0128. The highest BCUT2D eigenvalue weighted by atomic mass is 28.3. The Morgan fingerprint density at radius 2 is 0.604 bits per heavy atom. The molecule has 12 N–H and O–H groups in total. The zero-order chi connectivity index (χ0) is 37.6. The number of hydrogen-bond acceptors (Lipinski definition) is 8. The maximum atomic E-state index is 8.24. The second-order valence-corrected chi connectivity index (χ2v) is 25.4. The maximum Gasteiger partial charge on any atom is 0.146 e. The Labute approximate surface area is 291 Å². The van der Waals surface area contributed by atoms with Crippen molar-refractivity contribution in [2.75, 3.05) is 0 Å². The second-order valence-electron chi connectivity index (χ2n) is 14.2.